The van der Waals surface area contributed by atoms with Crippen LogP contribution in [0.5, 0.6) is 0 Å². The van der Waals surface area contributed by atoms with E-state index < -0.39 is 0 Å². The molecule has 0 spiro atoms. The molecule has 0 fully saturated rings. The van der Waals surface area contributed by atoms with Gasteiger partial charge in [-0.15, -0.1) is 11.3 Å². The lowest BCUT2D eigenvalue weighted by Gasteiger charge is -2.18. The third kappa shape index (κ3) is 1.96. The van der Waals surface area contributed by atoms with E-state index in [0.29, 0.717) is 0 Å². The van der Waals surface area contributed by atoms with Crippen LogP contribution in [0.15, 0.2) is 48.7 Å². The van der Waals surface area contributed by atoms with Gasteiger partial charge in [0.05, 0.1) is 6.04 Å². The molecule has 0 saturated heterocycles. The summed E-state index contributed by atoms with van der Waals surface area (Å²) in [6, 6.07) is 15.3. The Hall–Kier alpha value is -1.84. The van der Waals surface area contributed by atoms with Gasteiger partial charge in [0, 0.05) is 28.9 Å². The maximum Gasteiger partial charge on any atom is 0.104 e. The van der Waals surface area contributed by atoms with E-state index in [-0.39, 0.29) is 6.04 Å². The summed E-state index contributed by atoms with van der Waals surface area (Å²) in [4.78, 5) is 1.42. The van der Waals surface area contributed by atoms with Crippen LogP contribution in [0.25, 0.3) is 5.00 Å². The van der Waals surface area contributed by atoms with Gasteiger partial charge in [0.15, 0.2) is 0 Å². The number of aromatic nitrogens is 1. The molecule has 3 heteroatoms. The Morgan fingerprint density at radius 1 is 1.10 bits per heavy atom. The molecule has 3 heterocycles. The first kappa shape index (κ1) is 12.9. The molecule has 0 bridgehead atoms. The highest BCUT2D eigenvalue weighted by molar-refractivity contribution is 7.14. The van der Waals surface area contributed by atoms with Gasteiger partial charge in [-0.25, -0.2) is 0 Å². The molecule has 0 aliphatic carbocycles. The zero-order valence-electron chi connectivity index (χ0n) is 12.3. The van der Waals surface area contributed by atoms with Gasteiger partial charge in [0.25, 0.3) is 0 Å². The number of thiophene rings is 1. The lowest BCUT2D eigenvalue weighted by molar-refractivity contribution is 0.600. The Bertz CT molecular complexity index is 783. The van der Waals surface area contributed by atoms with Crippen LogP contribution < -0.4 is 5.32 Å². The molecule has 1 aliphatic rings. The molecule has 0 amide bonds. The second kappa shape index (κ2) is 4.86. The van der Waals surface area contributed by atoms with Crippen molar-refractivity contribution < 1.29 is 0 Å². The Labute approximate surface area is 129 Å². The number of benzene rings is 1. The molecule has 4 rings (SSSR count). The van der Waals surface area contributed by atoms with E-state index in [4.69, 9.17) is 0 Å². The van der Waals surface area contributed by atoms with Crippen LogP contribution in [-0.4, -0.2) is 4.57 Å². The van der Waals surface area contributed by atoms with Crippen molar-refractivity contribution in [2.75, 3.05) is 0 Å². The minimum Gasteiger partial charge on any atom is -0.310 e. The van der Waals surface area contributed by atoms with Crippen LogP contribution in [0.3, 0.4) is 0 Å². The summed E-state index contributed by atoms with van der Waals surface area (Å²) >= 11 is 1.90. The molecule has 0 unspecified atom stereocenters. The molecule has 0 radical (unpaired) electrons. The Morgan fingerprint density at radius 2 is 1.90 bits per heavy atom. The molecular formula is C18H18N2S. The highest BCUT2D eigenvalue weighted by Crippen LogP contribution is 2.37. The average Bonchev–Trinajstić information content (AvgIpc) is 3.04. The van der Waals surface area contributed by atoms with Crippen molar-refractivity contribution in [3.63, 3.8) is 0 Å². The van der Waals surface area contributed by atoms with E-state index in [1.54, 1.807) is 0 Å². The van der Waals surface area contributed by atoms with Crippen LogP contribution >= 0.6 is 11.3 Å². The highest BCUT2D eigenvalue weighted by Gasteiger charge is 2.25. The highest BCUT2D eigenvalue weighted by atomic mass is 32.1. The standard InChI is InChI=1S/C18H18N2S/c1-12-13(2)21-18-15(12)11-19-17(14-7-4-3-5-8-14)16-9-6-10-20(16)18/h3-10,17,19H,11H2,1-2H3/t17-/m1/s1. The zero-order valence-corrected chi connectivity index (χ0v) is 13.1. The van der Waals surface area contributed by atoms with Gasteiger partial charge in [-0.05, 0) is 37.1 Å². The smallest absolute Gasteiger partial charge is 0.104 e. The molecule has 1 aliphatic heterocycles. The number of hydrogen-bond donors (Lipinski definition) is 1. The van der Waals surface area contributed by atoms with E-state index >= 15 is 0 Å². The van der Waals surface area contributed by atoms with Crippen LogP contribution in [0, 0.1) is 13.8 Å². The first-order valence-corrected chi connectivity index (χ1v) is 8.12. The van der Waals surface area contributed by atoms with Crippen molar-refractivity contribution in [2.24, 2.45) is 0 Å². The lowest BCUT2D eigenvalue weighted by Crippen LogP contribution is -2.21. The van der Waals surface area contributed by atoms with Crippen molar-refractivity contribution in [1.29, 1.82) is 0 Å². The first-order chi connectivity index (χ1) is 10.3. The molecule has 1 aromatic carbocycles. The fourth-order valence-electron chi connectivity index (χ4n) is 3.12. The number of fused-ring (bicyclic) bond motifs is 3. The summed E-state index contributed by atoms with van der Waals surface area (Å²) in [5.74, 6) is 0. The van der Waals surface area contributed by atoms with E-state index in [1.807, 2.05) is 11.3 Å². The topological polar surface area (TPSA) is 17.0 Å². The molecule has 2 aromatic heterocycles. The van der Waals surface area contributed by atoms with Crippen LogP contribution in [0.4, 0.5) is 0 Å². The van der Waals surface area contributed by atoms with Gasteiger partial charge in [0.2, 0.25) is 0 Å². The van der Waals surface area contributed by atoms with Gasteiger partial charge in [-0.2, -0.15) is 0 Å². The minimum absolute atomic E-state index is 0.250. The van der Waals surface area contributed by atoms with E-state index in [0.717, 1.165) is 6.54 Å². The molecule has 21 heavy (non-hydrogen) atoms. The van der Waals surface area contributed by atoms with Crippen LogP contribution in [-0.2, 0) is 6.54 Å². The van der Waals surface area contributed by atoms with Crippen molar-refractivity contribution in [3.8, 4) is 5.00 Å². The largest absolute Gasteiger partial charge is 0.310 e. The molecule has 2 nitrogen and oxygen atoms in total. The summed E-state index contributed by atoms with van der Waals surface area (Å²) in [5.41, 5.74) is 5.51. The van der Waals surface area contributed by atoms with Crippen LogP contribution in [0.2, 0.25) is 0 Å². The SMILES string of the molecule is Cc1sc2c(c1C)CN[C@H](c1ccccc1)c1cccn1-2. The van der Waals surface area contributed by atoms with Crippen molar-refractivity contribution in [1.82, 2.24) is 9.88 Å². The number of nitrogens with one attached hydrogen (secondary N) is 1. The Morgan fingerprint density at radius 3 is 2.71 bits per heavy atom. The third-order valence-electron chi connectivity index (χ3n) is 4.40. The summed E-state index contributed by atoms with van der Waals surface area (Å²) in [6.45, 7) is 5.37. The molecule has 3 aromatic rings. The molecular weight excluding hydrogens is 276 g/mol. The predicted octanol–water partition coefficient (Wildman–Crippen LogP) is 4.35. The normalized spacial score (nSPS) is 17.1. The van der Waals surface area contributed by atoms with Crippen molar-refractivity contribution in [3.05, 3.63) is 75.9 Å². The Balaban J connectivity index is 1.89. The van der Waals surface area contributed by atoms with Gasteiger partial charge >= 0.3 is 0 Å². The molecule has 1 atom stereocenters. The molecule has 1 N–H and O–H groups in total. The fraction of sp³-hybridized carbons (Fsp3) is 0.222. The monoisotopic (exact) mass is 294 g/mol. The van der Waals surface area contributed by atoms with Gasteiger partial charge in [-0.1, -0.05) is 30.3 Å². The van der Waals surface area contributed by atoms with E-state index in [2.05, 4.69) is 72.4 Å². The third-order valence-corrected chi connectivity index (χ3v) is 5.65. The van der Waals surface area contributed by atoms with Crippen molar-refractivity contribution >= 4 is 11.3 Å². The zero-order chi connectivity index (χ0) is 14.4. The molecule has 0 saturated carbocycles. The van der Waals surface area contributed by atoms with Crippen LogP contribution in [0.1, 0.15) is 33.3 Å². The fourth-order valence-corrected chi connectivity index (χ4v) is 4.30. The van der Waals surface area contributed by atoms with Crippen molar-refractivity contribution in [2.45, 2.75) is 26.4 Å². The summed E-state index contributed by atoms with van der Waals surface area (Å²) in [6.07, 6.45) is 2.19. The molecule has 106 valence electrons. The predicted molar refractivity (Wildman–Crippen MR) is 88.2 cm³/mol. The van der Waals surface area contributed by atoms with E-state index in [1.165, 1.54) is 32.3 Å². The minimum atomic E-state index is 0.250. The number of aryl methyl sites for hydroxylation is 1. The summed E-state index contributed by atoms with van der Waals surface area (Å²) < 4.78 is 2.36. The number of nitrogens with zero attached hydrogens (tertiary/aromatic N) is 1. The second-order valence-corrected chi connectivity index (χ2v) is 6.80. The van der Waals surface area contributed by atoms with E-state index in [9.17, 15) is 0 Å². The lowest BCUT2D eigenvalue weighted by atomic mass is 10.0. The maximum atomic E-state index is 3.74. The first-order valence-electron chi connectivity index (χ1n) is 7.30. The summed E-state index contributed by atoms with van der Waals surface area (Å²) in [5, 5.41) is 5.11. The number of rotatable bonds is 1. The maximum absolute atomic E-state index is 3.74. The quantitative estimate of drug-likeness (QED) is 0.706. The Kier molecular flexibility index (Phi) is 2.98. The van der Waals surface area contributed by atoms with Gasteiger partial charge in [0.1, 0.15) is 5.00 Å². The average molecular weight is 294 g/mol. The summed E-state index contributed by atoms with van der Waals surface area (Å²) in [7, 11) is 0. The second-order valence-electron chi connectivity index (χ2n) is 5.59. The number of hydrogen-bond acceptors (Lipinski definition) is 2. The van der Waals surface area contributed by atoms with Gasteiger partial charge in [-0.3, -0.25) is 0 Å². The van der Waals surface area contributed by atoms with Gasteiger partial charge < -0.3 is 9.88 Å².